The van der Waals surface area contributed by atoms with Crippen molar-refractivity contribution in [2.24, 2.45) is 5.92 Å². The molecule has 0 unspecified atom stereocenters. The highest BCUT2D eigenvalue weighted by Gasteiger charge is 2.18. The molecule has 0 amide bonds. The van der Waals surface area contributed by atoms with Crippen LogP contribution in [-0.4, -0.2) is 43.5 Å². The van der Waals surface area contributed by atoms with E-state index in [1.54, 1.807) is 0 Å². The van der Waals surface area contributed by atoms with Gasteiger partial charge in [-0.15, -0.1) is 0 Å². The molecular weight excluding hydrogens is 324 g/mol. The van der Waals surface area contributed by atoms with Crippen LogP contribution >= 0.6 is 27.5 Å². The normalized spacial score (nSPS) is 18.2. The molecule has 0 N–H and O–H groups in total. The van der Waals surface area contributed by atoms with Crippen molar-refractivity contribution >= 4 is 27.5 Å². The standard InChI is InChI=1S/C15H22BrClN2/c1-18-7-5-12(6-8-18)10-19(2)11-13-3-4-14(16)9-15(13)17/h3-4,9,12H,5-8,10-11H2,1-2H3. The van der Waals surface area contributed by atoms with Crippen molar-refractivity contribution in [1.29, 1.82) is 0 Å². The third-order valence-electron chi connectivity index (χ3n) is 3.86. The van der Waals surface area contributed by atoms with Gasteiger partial charge in [-0.2, -0.15) is 0 Å². The Balaban J connectivity index is 1.85. The lowest BCUT2D eigenvalue weighted by Crippen LogP contribution is -2.35. The average molecular weight is 346 g/mol. The molecule has 106 valence electrons. The molecular formula is C15H22BrClN2. The number of rotatable bonds is 4. The molecule has 0 atom stereocenters. The number of piperidine rings is 1. The molecule has 1 aliphatic heterocycles. The van der Waals surface area contributed by atoms with Crippen LogP contribution in [0.4, 0.5) is 0 Å². The highest BCUT2D eigenvalue weighted by atomic mass is 79.9. The fraction of sp³-hybridized carbons (Fsp3) is 0.600. The molecule has 0 saturated carbocycles. The fourth-order valence-corrected chi connectivity index (χ4v) is 3.42. The minimum absolute atomic E-state index is 0.829. The molecule has 1 fully saturated rings. The van der Waals surface area contributed by atoms with Gasteiger partial charge in [-0.05, 0) is 63.6 Å². The van der Waals surface area contributed by atoms with Crippen LogP contribution in [0.1, 0.15) is 18.4 Å². The van der Waals surface area contributed by atoms with Crippen molar-refractivity contribution in [1.82, 2.24) is 9.80 Å². The highest BCUT2D eigenvalue weighted by Crippen LogP contribution is 2.23. The lowest BCUT2D eigenvalue weighted by atomic mass is 9.96. The molecule has 0 aliphatic carbocycles. The molecule has 0 radical (unpaired) electrons. The summed E-state index contributed by atoms with van der Waals surface area (Å²) in [4.78, 5) is 4.81. The number of likely N-dealkylation sites (tertiary alicyclic amines) is 1. The summed E-state index contributed by atoms with van der Waals surface area (Å²) in [5, 5.41) is 0.851. The first-order valence-corrected chi connectivity index (χ1v) is 8.02. The van der Waals surface area contributed by atoms with Gasteiger partial charge in [0, 0.05) is 22.6 Å². The first kappa shape index (κ1) is 15.3. The summed E-state index contributed by atoms with van der Waals surface area (Å²) < 4.78 is 1.04. The molecule has 0 bridgehead atoms. The van der Waals surface area contributed by atoms with Crippen LogP contribution in [0.15, 0.2) is 22.7 Å². The maximum absolute atomic E-state index is 6.27. The van der Waals surface area contributed by atoms with Crippen molar-refractivity contribution in [3.05, 3.63) is 33.3 Å². The number of nitrogens with zero attached hydrogens (tertiary/aromatic N) is 2. The Hall–Kier alpha value is -0.0900. The lowest BCUT2D eigenvalue weighted by Gasteiger charge is -2.31. The fourth-order valence-electron chi connectivity index (χ4n) is 2.69. The Morgan fingerprint density at radius 1 is 1.37 bits per heavy atom. The Labute approximate surface area is 129 Å². The molecule has 2 rings (SSSR count). The van der Waals surface area contributed by atoms with Crippen molar-refractivity contribution in [3.8, 4) is 0 Å². The Bertz CT molecular complexity index is 417. The van der Waals surface area contributed by atoms with Crippen LogP contribution in [-0.2, 0) is 6.54 Å². The topological polar surface area (TPSA) is 6.48 Å². The van der Waals surface area contributed by atoms with Gasteiger partial charge in [-0.1, -0.05) is 33.6 Å². The van der Waals surface area contributed by atoms with Crippen LogP contribution in [0.3, 0.4) is 0 Å². The summed E-state index contributed by atoms with van der Waals surface area (Å²) >= 11 is 9.72. The van der Waals surface area contributed by atoms with E-state index in [2.05, 4.69) is 52.0 Å². The summed E-state index contributed by atoms with van der Waals surface area (Å²) in [6, 6.07) is 6.14. The zero-order valence-electron chi connectivity index (χ0n) is 11.7. The summed E-state index contributed by atoms with van der Waals surface area (Å²) in [6.45, 7) is 4.56. The van der Waals surface area contributed by atoms with E-state index in [1.807, 2.05) is 6.07 Å². The molecule has 1 aromatic carbocycles. The summed E-state index contributed by atoms with van der Waals surface area (Å²) in [5.41, 5.74) is 1.21. The molecule has 1 aliphatic rings. The van der Waals surface area contributed by atoms with E-state index in [1.165, 1.54) is 38.0 Å². The van der Waals surface area contributed by atoms with Crippen LogP contribution in [0.5, 0.6) is 0 Å². The van der Waals surface area contributed by atoms with E-state index in [-0.39, 0.29) is 0 Å². The predicted octanol–water partition coefficient (Wildman–Crippen LogP) is 3.88. The van der Waals surface area contributed by atoms with E-state index in [0.717, 1.165) is 22.0 Å². The number of hydrogen-bond donors (Lipinski definition) is 0. The molecule has 19 heavy (non-hydrogen) atoms. The highest BCUT2D eigenvalue weighted by molar-refractivity contribution is 9.10. The predicted molar refractivity (Wildman–Crippen MR) is 85.7 cm³/mol. The van der Waals surface area contributed by atoms with Gasteiger partial charge < -0.3 is 9.80 Å². The summed E-state index contributed by atoms with van der Waals surface area (Å²) in [7, 11) is 4.40. The number of halogens is 2. The van der Waals surface area contributed by atoms with Crippen LogP contribution in [0, 0.1) is 5.92 Å². The van der Waals surface area contributed by atoms with Gasteiger partial charge in [0.1, 0.15) is 0 Å². The van der Waals surface area contributed by atoms with E-state index >= 15 is 0 Å². The zero-order valence-corrected chi connectivity index (χ0v) is 14.0. The largest absolute Gasteiger partial charge is 0.306 e. The quantitative estimate of drug-likeness (QED) is 0.817. The Morgan fingerprint density at radius 3 is 2.68 bits per heavy atom. The molecule has 1 heterocycles. The van der Waals surface area contributed by atoms with Crippen molar-refractivity contribution in [3.63, 3.8) is 0 Å². The number of hydrogen-bond acceptors (Lipinski definition) is 2. The Kier molecular flexibility index (Phi) is 5.70. The smallest absolute Gasteiger partial charge is 0.0462 e. The van der Waals surface area contributed by atoms with E-state index in [4.69, 9.17) is 11.6 Å². The molecule has 0 spiro atoms. The summed E-state index contributed by atoms with van der Waals surface area (Å²) in [6.07, 6.45) is 2.63. The van der Waals surface area contributed by atoms with Crippen molar-refractivity contribution in [2.75, 3.05) is 33.7 Å². The van der Waals surface area contributed by atoms with E-state index < -0.39 is 0 Å². The monoisotopic (exact) mass is 344 g/mol. The van der Waals surface area contributed by atoms with Crippen LogP contribution in [0.25, 0.3) is 0 Å². The Morgan fingerprint density at radius 2 is 2.05 bits per heavy atom. The minimum Gasteiger partial charge on any atom is -0.306 e. The first-order valence-electron chi connectivity index (χ1n) is 6.85. The van der Waals surface area contributed by atoms with Crippen molar-refractivity contribution < 1.29 is 0 Å². The molecule has 0 aromatic heterocycles. The average Bonchev–Trinajstić information content (AvgIpc) is 2.36. The van der Waals surface area contributed by atoms with Gasteiger partial charge in [0.15, 0.2) is 0 Å². The molecule has 1 saturated heterocycles. The van der Waals surface area contributed by atoms with Crippen LogP contribution < -0.4 is 0 Å². The second-order valence-corrected chi connectivity index (χ2v) is 7.00. The minimum atomic E-state index is 0.829. The van der Waals surface area contributed by atoms with E-state index in [9.17, 15) is 0 Å². The van der Waals surface area contributed by atoms with Gasteiger partial charge in [0.25, 0.3) is 0 Å². The second-order valence-electron chi connectivity index (χ2n) is 5.68. The van der Waals surface area contributed by atoms with Crippen molar-refractivity contribution in [2.45, 2.75) is 19.4 Å². The maximum Gasteiger partial charge on any atom is 0.0462 e. The SMILES string of the molecule is CN1CCC(CN(C)Cc2ccc(Br)cc2Cl)CC1. The van der Waals surface area contributed by atoms with Gasteiger partial charge in [-0.3, -0.25) is 0 Å². The van der Waals surface area contributed by atoms with E-state index in [0.29, 0.717) is 0 Å². The molecule has 1 aromatic rings. The van der Waals surface area contributed by atoms with Gasteiger partial charge in [0.05, 0.1) is 0 Å². The second kappa shape index (κ2) is 7.07. The first-order chi connectivity index (χ1) is 9.04. The molecule has 2 nitrogen and oxygen atoms in total. The molecule has 4 heteroatoms. The lowest BCUT2D eigenvalue weighted by molar-refractivity contribution is 0.173. The zero-order chi connectivity index (χ0) is 13.8. The van der Waals surface area contributed by atoms with Gasteiger partial charge in [-0.25, -0.2) is 0 Å². The third kappa shape index (κ3) is 4.75. The summed E-state index contributed by atoms with van der Waals surface area (Å²) in [5.74, 6) is 0.829. The third-order valence-corrected chi connectivity index (χ3v) is 4.71. The van der Waals surface area contributed by atoms with Crippen LogP contribution in [0.2, 0.25) is 5.02 Å². The number of benzene rings is 1. The maximum atomic E-state index is 6.27. The van der Waals surface area contributed by atoms with Gasteiger partial charge >= 0.3 is 0 Å². The van der Waals surface area contributed by atoms with Gasteiger partial charge in [0.2, 0.25) is 0 Å².